The van der Waals surface area contributed by atoms with Gasteiger partial charge >= 0.3 is 0 Å². The molecule has 1 aliphatic carbocycles. The van der Waals surface area contributed by atoms with Crippen molar-refractivity contribution in [1.29, 1.82) is 0 Å². The molecule has 1 rings (SSSR count). The first kappa shape index (κ1) is 13.5. The Morgan fingerprint density at radius 2 is 2.06 bits per heavy atom. The third-order valence-corrected chi connectivity index (χ3v) is 3.60. The number of hydrogen-bond acceptors (Lipinski definition) is 2. The van der Waals surface area contributed by atoms with Crippen LogP contribution in [0.15, 0.2) is 0 Å². The van der Waals surface area contributed by atoms with Gasteiger partial charge in [0, 0.05) is 18.5 Å². The Bertz CT molecular complexity index is 212. The molecule has 0 aromatic rings. The molecule has 0 saturated heterocycles. The zero-order valence-electron chi connectivity index (χ0n) is 10.7. The van der Waals surface area contributed by atoms with Gasteiger partial charge in [0.25, 0.3) is 0 Å². The second kappa shape index (κ2) is 6.89. The van der Waals surface area contributed by atoms with Gasteiger partial charge in [-0.2, -0.15) is 0 Å². The van der Waals surface area contributed by atoms with Gasteiger partial charge in [0.1, 0.15) is 0 Å². The van der Waals surface area contributed by atoms with Gasteiger partial charge in [-0.3, -0.25) is 4.79 Å². The van der Waals surface area contributed by atoms with Crippen LogP contribution in [-0.2, 0) is 4.79 Å². The Balaban J connectivity index is 2.22. The summed E-state index contributed by atoms with van der Waals surface area (Å²) in [6.45, 7) is 4.22. The molecule has 1 fully saturated rings. The van der Waals surface area contributed by atoms with Gasteiger partial charge in [-0.15, -0.1) is 0 Å². The lowest BCUT2D eigenvalue weighted by Crippen LogP contribution is -2.40. The molecule has 0 radical (unpaired) electrons. The van der Waals surface area contributed by atoms with E-state index in [4.69, 9.17) is 5.73 Å². The Morgan fingerprint density at radius 3 is 2.62 bits per heavy atom. The summed E-state index contributed by atoms with van der Waals surface area (Å²) in [5.74, 6) is 0.812. The van der Waals surface area contributed by atoms with E-state index in [1.165, 1.54) is 25.7 Å². The Morgan fingerprint density at radius 1 is 1.44 bits per heavy atom. The third-order valence-electron chi connectivity index (χ3n) is 3.60. The van der Waals surface area contributed by atoms with Crippen LogP contribution in [-0.4, -0.2) is 18.0 Å². The minimum absolute atomic E-state index is 0.0285. The lowest BCUT2D eigenvalue weighted by atomic mass is 9.99. The highest BCUT2D eigenvalue weighted by atomic mass is 16.1. The molecule has 1 saturated carbocycles. The summed E-state index contributed by atoms with van der Waals surface area (Å²) >= 11 is 0. The summed E-state index contributed by atoms with van der Waals surface area (Å²) in [6, 6.07) is 0.351. The predicted octanol–water partition coefficient (Wildman–Crippen LogP) is 2.20. The lowest BCUT2D eigenvalue weighted by molar-refractivity contribution is -0.122. The van der Waals surface area contributed by atoms with Crippen molar-refractivity contribution in [3.63, 3.8) is 0 Å². The Hall–Kier alpha value is -0.570. The zero-order valence-corrected chi connectivity index (χ0v) is 10.7. The van der Waals surface area contributed by atoms with Gasteiger partial charge in [0.15, 0.2) is 0 Å². The maximum absolute atomic E-state index is 11.7. The van der Waals surface area contributed by atoms with Crippen LogP contribution in [0.1, 0.15) is 58.8 Å². The van der Waals surface area contributed by atoms with Crippen LogP contribution in [0.2, 0.25) is 0 Å². The van der Waals surface area contributed by atoms with Crippen LogP contribution in [0.4, 0.5) is 0 Å². The van der Waals surface area contributed by atoms with Gasteiger partial charge in [-0.1, -0.05) is 26.2 Å². The van der Waals surface area contributed by atoms with E-state index in [0.29, 0.717) is 18.4 Å². The van der Waals surface area contributed by atoms with E-state index in [0.717, 1.165) is 12.8 Å². The summed E-state index contributed by atoms with van der Waals surface area (Å²) in [5.41, 5.74) is 5.85. The zero-order chi connectivity index (χ0) is 12.0. The second-order valence-corrected chi connectivity index (χ2v) is 5.15. The molecule has 0 aliphatic heterocycles. The van der Waals surface area contributed by atoms with E-state index >= 15 is 0 Å². The molecular formula is C13H26N2O. The molecule has 0 spiro atoms. The van der Waals surface area contributed by atoms with Crippen LogP contribution >= 0.6 is 0 Å². The number of nitrogens with one attached hydrogen (secondary N) is 1. The number of nitrogens with two attached hydrogens (primary N) is 1. The SMILES string of the molecule is CCCC(N)CC(=O)N[C@H](C)C1CCCC1. The fourth-order valence-electron chi connectivity index (χ4n) is 2.60. The molecule has 1 amide bonds. The number of carbonyl (C=O) groups is 1. The molecule has 3 heteroatoms. The summed E-state index contributed by atoms with van der Waals surface area (Å²) in [4.78, 5) is 11.7. The normalized spacial score (nSPS) is 20.7. The molecule has 0 aromatic heterocycles. The van der Waals surface area contributed by atoms with Crippen molar-refractivity contribution in [1.82, 2.24) is 5.32 Å². The van der Waals surface area contributed by atoms with Crippen LogP contribution in [0.5, 0.6) is 0 Å². The standard InChI is InChI=1S/C13H26N2O/c1-3-6-12(14)9-13(16)15-10(2)11-7-4-5-8-11/h10-12H,3-9,14H2,1-2H3,(H,15,16)/t10-,12?/m1/s1. The van der Waals surface area contributed by atoms with E-state index in [9.17, 15) is 4.79 Å². The first-order chi connectivity index (χ1) is 7.63. The van der Waals surface area contributed by atoms with Crippen molar-refractivity contribution in [3.8, 4) is 0 Å². The number of hydrogen-bond donors (Lipinski definition) is 2. The van der Waals surface area contributed by atoms with E-state index in [1.807, 2.05) is 0 Å². The summed E-state index contributed by atoms with van der Waals surface area (Å²) in [7, 11) is 0. The Labute approximate surface area is 99.2 Å². The molecule has 1 unspecified atom stereocenters. The van der Waals surface area contributed by atoms with Gasteiger partial charge in [-0.05, 0) is 32.1 Å². The largest absolute Gasteiger partial charge is 0.353 e. The minimum Gasteiger partial charge on any atom is -0.353 e. The fourth-order valence-corrected chi connectivity index (χ4v) is 2.60. The molecule has 1 aliphatic rings. The van der Waals surface area contributed by atoms with Crippen LogP contribution in [0, 0.1) is 5.92 Å². The summed E-state index contributed by atoms with van der Waals surface area (Å²) in [6.07, 6.45) is 7.63. The number of amides is 1. The predicted molar refractivity (Wildman–Crippen MR) is 67.1 cm³/mol. The van der Waals surface area contributed by atoms with Gasteiger partial charge in [0.2, 0.25) is 5.91 Å². The number of rotatable bonds is 6. The highest BCUT2D eigenvalue weighted by Gasteiger charge is 2.23. The second-order valence-electron chi connectivity index (χ2n) is 5.15. The monoisotopic (exact) mass is 226 g/mol. The van der Waals surface area contributed by atoms with Crippen molar-refractivity contribution in [2.45, 2.75) is 70.9 Å². The first-order valence-corrected chi connectivity index (χ1v) is 6.68. The number of carbonyl (C=O) groups excluding carboxylic acids is 1. The minimum atomic E-state index is 0.0285. The van der Waals surface area contributed by atoms with Gasteiger partial charge < -0.3 is 11.1 Å². The fraction of sp³-hybridized carbons (Fsp3) is 0.923. The average molecular weight is 226 g/mol. The van der Waals surface area contributed by atoms with E-state index < -0.39 is 0 Å². The highest BCUT2D eigenvalue weighted by molar-refractivity contribution is 5.76. The van der Waals surface area contributed by atoms with Crippen molar-refractivity contribution < 1.29 is 4.79 Å². The molecule has 3 N–H and O–H groups in total. The van der Waals surface area contributed by atoms with Crippen molar-refractivity contribution in [2.24, 2.45) is 11.7 Å². The first-order valence-electron chi connectivity index (χ1n) is 6.68. The lowest BCUT2D eigenvalue weighted by Gasteiger charge is -2.21. The van der Waals surface area contributed by atoms with Crippen molar-refractivity contribution in [2.75, 3.05) is 0 Å². The molecule has 0 bridgehead atoms. The van der Waals surface area contributed by atoms with Gasteiger partial charge in [0.05, 0.1) is 0 Å². The molecular weight excluding hydrogens is 200 g/mol. The quantitative estimate of drug-likeness (QED) is 0.729. The van der Waals surface area contributed by atoms with E-state index in [2.05, 4.69) is 19.2 Å². The van der Waals surface area contributed by atoms with E-state index in [-0.39, 0.29) is 11.9 Å². The smallest absolute Gasteiger partial charge is 0.221 e. The van der Waals surface area contributed by atoms with Crippen LogP contribution < -0.4 is 11.1 Å². The average Bonchev–Trinajstić information content (AvgIpc) is 2.69. The molecule has 16 heavy (non-hydrogen) atoms. The molecule has 0 aromatic carbocycles. The van der Waals surface area contributed by atoms with Gasteiger partial charge in [-0.25, -0.2) is 0 Å². The van der Waals surface area contributed by atoms with Crippen molar-refractivity contribution >= 4 is 5.91 Å². The molecule has 2 atom stereocenters. The van der Waals surface area contributed by atoms with Crippen LogP contribution in [0.25, 0.3) is 0 Å². The topological polar surface area (TPSA) is 55.1 Å². The molecule has 94 valence electrons. The summed E-state index contributed by atoms with van der Waals surface area (Å²) in [5, 5.41) is 3.09. The van der Waals surface area contributed by atoms with Crippen molar-refractivity contribution in [3.05, 3.63) is 0 Å². The maximum Gasteiger partial charge on any atom is 0.221 e. The molecule has 3 nitrogen and oxygen atoms in total. The molecule has 0 heterocycles. The van der Waals surface area contributed by atoms with Crippen LogP contribution in [0.3, 0.4) is 0 Å². The van der Waals surface area contributed by atoms with E-state index in [1.54, 1.807) is 0 Å². The third kappa shape index (κ3) is 4.52. The highest BCUT2D eigenvalue weighted by Crippen LogP contribution is 2.27. The summed E-state index contributed by atoms with van der Waals surface area (Å²) < 4.78 is 0. The maximum atomic E-state index is 11.7. The Kier molecular flexibility index (Phi) is 5.81.